The van der Waals surface area contributed by atoms with E-state index in [9.17, 15) is 9.59 Å². The van der Waals surface area contributed by atoms with Crippen LogP contribution in [0.1, 0.15) is 23.1 Å². The Morgan fingerprint density at radius 2 is 1.92 bits per heavy atom. The Labute approximate surface area is 151 Å². The molecular weight excluding hydrogens is 332 g/mol. The molecule has 0 aliphatic heterocycles. The van der Waals surface area contributed by atoms with Gasteiger partial charge in [-0.25, -0.2) is 4.79 Å². The average Bonchev–Trinajstić information content (AvgIpc) is 2.93. The Morgan fingerprint density at radius 3 is 2.65 bits per heavy atom. The zero-order valence-corrected chi connectivity index (χ0v) is 15.6. The zero-order valence-electron chi connectivity index (χ0n) is 15.6. The fourth-order valence-electron chi connectivity index (χ4n) is 3.07. The number of hydrogen-bond acceptors (Lipinski definition) is 5. The molecule has 6 heteroatoms. The summed E-state index contributed by atoms with van der Waals surface area (Å²) in [6.45, 7) is 5.25. The second-order valence-electron chi connectivity index (χ2n) is 6.91. The van der Waals surface area contributed by atoms with Gasteiger partial charge in [0.15, 0.2) is 0 Å². The molecule has 0 bridgehead atoms. The van der Waals surface area contributed by atoms with E-state index >= 15 is 0 Å². The van der Waals surface area contributed by atoms with Gasteiger partial charge in [0, 0.05) is 41.9 Å². The predicted molar refractivity (Wildman–Crippen MR) is 102 cm³/mol. The number of furan rings is 1. The molecule has 0 saturated carbocycles. The van der Waals surface area contributed by atoms with E-state index in [1.54, 1.807) is 12.3 Å². The van der Waals surface area contributed by atoms with Gasteiger partial charge in [-0.1, -0.05) is 0 Å². The Hall–Kier alpha value is -2.60. The number of nitrogens with one attached hydrogen (secondary N) is 1. The first-order chi connectivity index (χ1) is 12.4. The Balaban J connectivity index is 1.84. The number of aryl methyl sites for hydroxylation is 2. The highest BCUT2D eigenvalue weighted by Crippen LogP contribution is 2.28. The van der Waals surface area contributed by atoms with E-state index < -0.39 is 5.63 Å². The topological polar surface area (TPSA) is 75.7 Å². The molecule has 1 aromatic carbocycles. The van der Waals surface area contributed by atoms with Crippen molar-refractivity contribution in [2.45, 2.75) is 26.7 Å². The van der Waals surface area contributed by atoms with Gasteiger partial charge in [0.2, 0.25) is 5.91 Å². The zero-order chi connectivity index (χ0) is 18.8. The summed E-state index contributed by atoms with van der Waals surface area (Å²) in [5, 5.41) is 4.74. The molecule has 0 fully saturated rings. The van der Waals surface area contributed by atoms with Gasteiger partial charge in [0.1, 0.15) is 11.2 Å². The third kappa shape index (κ3) is 3.65. The summed E-state index contributed by atoms with van der Waals surface area (Å²) in [5.74, 6) is -0.0631. The van der Waals surface area contributed by atoms with Gasteiger partial charge in [0.05, 0.1) is 6.26 Å². The van der Waals surface area contributed by atoms with Gasteiger partial charge in [-0.2, -0.15) is 0 Å². The maximum atomic E-state index is 12.4. The molecule has 6 nitrogen and oxygen atoms in total. The number of likely N-dealkylation sites (N-methyl/N-ethyl adjacent to an activating group) is 1. The lowest BCUT2D eigenvalue weighted by Crippen LogP contribution is -2.31. The number of benzene rings is 1. The molecule has 0 radical (unpaired) electrons. The summed E-state index contributed by atoms with van der Waals surface area (Å²) in [7, 11) is 3.91. The van der Waals surface area contributed by atoms with Crippen molar-refractivity contribution in [2.75, 3.05) is 27.2 Å². The van der Waals surface area contributed by atoms with Crippen LogP contribution in [0.2, 0.25) is 0 Å². The molecule has 2 aromatic heterocycles. The van der Waals surface area contributed by atoms with E-state index in [-0.39, 0.29) is 12.3 Å². The highest BCUT2D eigenvalue weighted by Gasteiger charge is 2.15. The minimum atomic E-state index is -0.390. The van der Waals surface area contributed by atoms with Crippen LogP contribution in [0.5, 0.6) is 0 Å². The van der Waals surface area contributed by atoms with Gasteiger partial charge >= 0.3 is 5.63 Å². The molecule has 0 aliphatic carbocycles. The number of fused-ring (bicyclic) bond motifs is 2. The van der Waals surface area contributed by atoms with Gasteiger partial charge in [-0.3, -0.25) is 4.79 Å². The quantitative estimate of drug-likeness (QED) is 0.687. The highest BCUT2D eigenvalue weighted by molar-refractivity contribution is 5.96. The molecule has 0 spiro atoms. The number of amides is 1. The molecule has 26 heavy (non-hydrogen) atoms. The lowest BCUT2D eigenvalue weighted by molar-refractivity contribution is -0.121. The normalized spacial score (nSPS) is 11.6. The van der Waals surface area contributed by atoms with Gasteiger partial charge in [-0.15, -0.1) is 0 Å². The van der Waals surface area contributed by atoms with Crippen molar-refractivity contribution < 1.29 is 13.6 Å². The van der Waals surface area contributed by atoms with Crippen LogP contribution in [0.15, 0.2) is 32.0 Å². The highest BCUT2D eigenvalue weighted by atomic mass is 16.4. The van der Waals surface area contributed by atoms with Crippen molar-refractivity contribution in [1.82, 2.24) is 10.2 Å². The van der Waals surface area contributed by atoms with Crippen LogP contribution in [0.4, 0.5) is 0 Å². The summed E-state index contributed by atoms with van der Waals surface area (Å²) < 4.78 is 11.0. The first-order valence-electron chi connectivity index (χ1n) is 8.72. The summed E-state index contributed by atoms with van der Waals surface area (Å²) in [6.07, 6.45) is 2.31. The molecular formula is C20H24N2O4. The van der Waals surface area contributed by atoms with Crippen LogP contribution in [-0.2, 0) is 11.2 Å². The second kappa shape index (κ2) is 7.33. The fraction of sp³-hybridized carbons (Fsp3) is 0.400. The van der Waals surface area contributed by atoms with E-state index in [1.165, 1.54) is 0 Å². The minimum absolute atomic E-state index is 0.0631. The molecule has 1 amide bonds. The van der Waals surface area contributed by atoms with Crippen molar-refractivity contribution in [1.29, 1.82) is 0 Å². The summed E-state index contributed by atoms with van der Waals surface area (Å²) >= 11 is 0. The average molecular weight is 356 g/mol. The van der Waals surface area contributed by atoms with Crippen molar-refractivity contribution in [3.63, 3.8) is 0 Å². The number of carbonyl (C=O) groups excluding carboxylic acids is 1. The Kier molecular flexibility index (Phi) is 5.13. The maximum absolute atomic E-state index is 12.4. The van der Waals surface area contributed by atoms with Crippen LogP contribution in [0.25, 0.3) is 21.9 Å². The molecule has 138 valence electrons. The number of hydrogen-bond donors (Lipinski definition) is 1. The van der Waals surface area contributed by atoms with Crippen LogP contribution >= 0.6 is 0 Å². The number of carbonyl (C=O) groups is 1. The van der Waals surface area contributed by atoms with Gasteiger partial charge in [0.25, 0.3) is 0 Å². The molecule has 3 aromatic rings. The van der Waals surface area contributed by atoms with Gasteiger partial charge in [-0.05, 0) is 51.6 Å². The minimum Gasteiger partial charge on any atom is -0.464 e. The summed E-state index contributed by atoms with van der Waals surface area (Å²) in [6, 6.07) is 3.74. The summed E-state index contributed by atoms with van der Waals surface area (Å²) in [5.41, 5.74) is 3.27. The molecule has 0 saturated heterocycles. The lowest BCUT2D eigenvalue weighted by Gasteiger charge is -2.11. The van der Waals surface area contributed by atoms with E-state index in [0.29, 0.717) is 29.7 Å². The van der Waals surface area contributed by atoms with E-state index in [1.807, 2.05) is 38.9 Å². The van der Waals surface area contributed by atoms with Gasteiger partial charge < -0.3 is 19.1 Å². The van der Waals surface area contributed by atoms with E-state index in [0.717, 1.165) is 28.4 Å². The van der Waals surface area contributed by atoms with Crippen LogP contribution in [0.3, 0.4) is 0 Å². The van der Waals surface area contributed by atoms with Crippen LogP contribution in [0, 0.1) is 13.8 Å². The van der Waals surface area contributed by atoms with Crippen molar-refractivity contribution in [2.24, 2.45) is 0 Å². The number of nitrogens with zero attached hydrogens (tertiary/aromatic N) is 1. The monoisotopic (exact) mass is 356 g/mol. The third-order valence-electron chi connectivity index (χ3n) is 4.66. The standard InChI is InChI=1S/C20H24N2O4/c1-12-11-25-17-10-18-16(9-15(12)17)13(2)14(20(24)26-18)5-6-19(23)21-7-8-22(3)4/h9-11H,5-8H2,1-4H3,(H,21,23). The number of rotatable bonds is 6. The van der Waals surface area contributed by atoms with Crippen molar-refractivity contribution >= 4 is 27.8 Å². The van der Waals surface area contributed by atoms with E-state index in [4.69, 9.17) is 8.83 Å². The SMILES string of the molecule is Cc1coc2cc3oc(=O)c(CCC(=O)NCCN(C)C)c(C)c3cc12. The predicted octanol–water partition coefficient (Wildman–Crippen LogP) is 2.77. The first kappa shape index (κ1) is 18.2. The Bertz CT molecular complexity index is 1010. The van der Waals surface area contributed by atoms with Crippen LogP contribution < -0.4 is 10.9 Å². The van der Waals surface area contributed by atoms with E-state index in [2.05, 4.69) is 5.32 Å². The first-order valence-corrected chi connectivity index (χ1v) is 8.72. The molecule has 2 heterocycles. The molecule has 0 unspecified atom stereocenters. The third-order valence-corrected chi connectivity index (χ3v) is 4.66. The summed E-state index contributed by atoms with van der Waals surface area (Å²) in [4.78, 5) is 26.4. The second-order valence-corrected chi connectivity index (χ2v) is 6.91. The Morgan fingerprint density at radius 1 is 1.15 bits per heavy atom. The molecule has 0 atom stereocenters. The maximum Gasteiger partial charge on any atom is 0.339 e. The van der Waals surface area contributed by atoms with Crippen molar-refractivity contribution in [3.05, 3.63) is 45.5 Å². The molecule has 3 rings (SSSR count). The molecule has 1 N–H and O–H groups in total. The fourth-order valence-corrected chi connectivity index (χ4v) is 3.07. The van der Waals surface area contributed by atoms with Crippen LogP contribution in [-0.4, -0.2) is 38.0 Å². The largest absolute Gasteiger partial charge is 0.464 e. The molecule has 0 aliphatic rings. The smallest absolute Gasteiger partial charge is 0.339 e. The lowest BCUT2D eigenvalue weighted by atomic mass is 10.0. The van der Waals surface area contributed by atoms with Crippen molar-refractivity contribution in [3.8, 4) is 0 Å².